The standard InChI is InChI=1S/C44H26N4S2/c1-3-11-29(12-4-1)41-46-42(48-43(47-41)33-23-18-27-10-7-8-15-32(27)26-33)30-21-19-28(20-22-30)34-16-9-17-35-38-36(49-40(34)35)24-25-37-39(38)45-44(50-37)31-13-5-2-6-14-31/h1-26H. The maximum atomic E-state index is 5.16. The summed E-state index contributed by atoms with van der Waals surface area (Å²) in [5, 5.41) is 5.87. The molecule has 0 saturated heterocycles. The molecule has 0 radical (unpaired) electrons. The molecule has 10 aromatic rings. The van der Waals surface area contributed by atoms with Gasteiger partial charge in [-0.2, -0.15) is 0 Å². The van der Waals surface area contributed by atoms with Gasteiger partial charge in [0.15, 0.2) is 17.5 Å². The summed E-state index contributed by atoms with van der Waals surface area (Å²) >= 11 is 3.59. The van der Waals surface area contributed by atoms with Crippen LogP contribution < -0.4 is 0 Å². The third-order valence-corrected chi connectivity index (χ3v) is 11.4. The van der Waals surface area contributed by atoms with Gasteiger partial charge in [0.1, 0.15) is 5.01 Å². The molecule has 0 aliphatic heterocycles. The van der Waals surface area contributed by atoms with Crippen LogP contribution in [0.4, 0.5) is 0 Å². The topological polar surface area (TPSA) is 51.6 Å². The Kier molecular flexibility index (Phi) is 6.82. The molecule has 4 nitrogen and oxygen atoms in total. The van der Waals surface area contributed by atoms with Crippen LogP contribution in [-0.4, -0.2) is 19.9 Å². The Morgan fingerprint density at radius 3 is 1.74 bits per heavy atom. The Hall–Kier alpha value is -6.08. The molecule has 0 unspecified atom stereocenters. The van der Waals surface area contributed by atoms with Crippen molar-refractivity contribution in [2.45, 2.75) is 0 Å². The fraction of sp³-hybridized carbons (Fsp3) is 0. The van der Waals surface area contributed by atoms with Crippen molar-refractivity contribution in [1.29, 1.82) is 0 Å². The number of benzene rings is 7. The minimum atomic E-state index is 0.647. The van der Waals surface area contributed by atoms with Crippen molar-refractivity contribution in [2.75, 3.05) is 0 Å². The third kappa shape index (κ3) is 4.96. The van der Waals surface area contributed by atoms with Crippen LogP contribution in [0.3, 0.4) is 0 Å². The summed E-state index contributed by atoms with van der Waals surface area (Å²) in [7, 11) is 0. The van der Waals surface area contributed by atoms with Crippen molar-refractivity contribution in [2.24, 2.45) is 0 Å². The summed E-state index contributed by atoms with van der Waals surface area (Å²) in [6, 6.07) is 55.0. The van der Waals surface area contributed by atoms with Gasteiger partial charge in [-0.25, -0.2) is 19.9 Å². The lowest BCUT2D eigenvalue weighted by molar-refractivity contribution is 1.07. The molecule has 3 aromatic heterocycles. The quantitative estimate of drug-likeness (QED) is 0.182. The Labute approximate surface area is 296 Å². The molecule has 0 fully saturated rings. The zero-order valence-corrected chi connectivity index (χ0v) is 28.2. The van der Waals surface area contributed by atoms with Crippen LogP contribution in [-0.2, 0) is 0 Å². The van der Waals surface area contributed by atoms with E-state index < -0.39 is 0 Å². The number of fused-ring (bicyclic) bond motifs is 6. The van der Waals surface area contributed by atoms with Crippen molar-refractivity contribution in [3.63, 3.8) is 0 Å². The molecule has 0 atom stereocenters. The molecule has 6 heteroatoms. The highest BCUT2D eigenvalue weighted by Gasteiger charge is 2.17. The molecule has 0 spiro atoms. The maximum Gasteiger partial charge on any atom is 0.164 e. The molecule has 50 heavy (non-hydrogen) atoms. The number of rotatable bonds is 5. The van der Waals surface area contributed by atoms with Crippen molar-refractivity contribution in [3.05, 3.63) is 158 Å². The Balaban J connectivity index is 1.07. The van der Waals surface area contributed by atoms with Gasteiger partial charge in [0.2, 0.25) is 0 Å². The molecule has 0 aliphatic rings. The van der Waals surface area contributed by atoms with E-state index in [0.29, 0.717) is 17.5 Å². The number of aromatic nitrogens is 4. The Morgan fingerprint density at radius 1 is 0.380 bits per heavy atom. The number of hydrogen-bond donors (Lipinski definition) is 0. The van der Waals surface area contributed by atoms with Gasteiger partial charge in [0.25, 0.3) is 0 Å². The monoisotopic (exact) mass is 674 g/mol. The predicted molar refractivity (Wildman–Crippen MR) is 211 cm³/mol. The second-order valence-electron chi connectivity index (χ2n) is 12.3. The van der Waals surface area contributed by atoms with Crippen LogP contribution in [0.2, 0.25) is 0 Å². The summed E-state index contributed by atoms with van der Waals surface area (Å²) in [5.41, 5.74) is 7.45. The van der Waals surface area contributed by atoms with Gasteiger partial charge in [0.05, 0.1) is 10.2 Å². The molecular formula is C44H26N4S2. The van der Waals surface area contributed by atoms with Crippen LogP contribution in [0.15, 0.2) is 158 Å². The Morgan fingerprint density at radius 2 is 0.980 bits per heavy atom. The van der Waals surface area contributed by atoms with Gasteiger partial charge < -0.3 is 0 Å². The molecule has 0 saturated carbocycles. The predicted octanol–water partition coefficient (Wildman–Crippen LogP) is 12.3. The maximum absolute atomic E-state index is 5.16. The smallest absolute Gasteiger partial charge is 0.164 e. The molecule has 7 aromatic carbocycles. The SMILES string of the molecule is c1ccc(-c2nc(-c3ccc(-c4cccc5c4sc4ccc6sc(-c7ccccc7)nc6c45)cc3)nc(-c3ccc4ccccc4c3)n2)cc1. The van der Waals surface area contributed by atoms with E-state index in [1.807, 2.05) is 47.7 Å². The molecule has 234 valence electrons. The normalized spacial score (nSPS) is 11.6. The molecule has 3 heterocycles. The van der Waals surface area contributed by atoms with E-state index in [-0.39, 0.29) is 0 Å². The molecule has 0 N–H and O–H groups in total. The number of thiophene rings is 1. The van der Waals surface area contributed by atoms with Gasteiger partial charge in [-0.05, 0) is 40.1 Å². The zero-order chi connectivity index (χ0) is 33.0. The molecule has 0 bridgehead atoms. The first kappa shape index (κ1) is 28.9. The lowest BCUT2D eigenvalue weighted by Crippen LogP contribution is -2.00. The molecule has 0 aliphatic carbocycles. The van der Waals surface area contributed by atoms with Crippen LogP contribution in [0.25, 0.3) is 97.0 Å². The fourth-order valence-electron chi connectivity index (χ4n) is 6.68. The second kappa shape index (κ2) is 11.8. The van der Waals surface area contributed by atoms with Gasteiger partial charge in [-0.1, -0.05) is 140 Å². The number of thiazole rings is 1. The average Bonchev–Trinajstić information content (AvgIpc) is 3.80. The van der Waals surface area contributed by atoms with E-state index in [2.05, 4.69) is 121 Å². The number of hydrogen-bond acceptors (Lipinski definition) is 6. The first-order valence-electron chi connectivity index (χ1n) is 16.5. The highest BCUT2D eigenvalue weighted by Crippen LogP contribution is 2.44. The summed E-state index contributed by atoms with van der Waals surface area (Å²) in [6.45, 7) is 0. The van der Waals surface area contributed by atoms with E-state index in [0.717, 1.165) is 43.7 Å². The largest absolute Gasteiger partial charge is 0.235 e. The van der Waals surface area contributed by atoms with E-state index in [1.165, 1.54) is 35.8 Å². The van der Waals surface area contributed by atoms with Crippen LogP contribution in [0, 0.1) is 0 Å². The first-order chi connectivity index (χ1) is 24.7. The lowest BCUT2D eigenvalue weighted by Gasteiger charge is -2.10. The van der Waals surface area contributed by atoms with E-state index >= 15 is 0 Å². The molecule has 10 rings (SSSR count). The van der Waals surface area contributed by atoms with E-state index in [1.54, 1.807) is 11.3 Å². The first-order valence-corrected chi connectivity index (χ1v) is 18.1. The minimum absolute atomic E-state index is 0.647. The van der Waals surface area contributed by atoms with Gasteiger partial charge in [-0.15, -0.1) is 22.7 Å². The summed E-state index contributed by atoms with van der Waals surface area (Å²) < 4.78 is 3.73. The van der Waals surface area contributed by atoms with Crippen molar-refractivity contribution >= 4 is 63.8 Å². The second-order valence-corrected chi connectivity index (χ2v) is 14.3. The minimum Gasteiger partial charge on any atom is -0.235 e. The van der Waals surface area contributed by atoms with Gasteiger partial charge in [0, 0.05) is 42.4 Å². The van der Waals surface area contributed by atoms with Gasteiger partial charge in [-0.3, -0.25) is 0 Å². The highest BCUT2D eigenvalue weighted by molar-refractivity contribution is 7.27. The molecule has 0 amide bonds. The zero-order valence-electron chi connectivity index (χ0n) is 26.6. The van der Waals surface area contributed by atoms with Crippen LogP contribution >= 0.6 is 22.7 Å². The highest BCUT2D eigenvalue weighted by atomic mass is 32.1. The fourth-order valence-corrected chi connectivity index (χ4v) is 8.90. The summed E-state index contributed by atoms with van der Waals surface area (Å²) in [5.74, 6) is 1.96. The molecular weight excluding hydrogens is 649 g/mol. The van der Waals surface area contributed by atoms with Gasteiger partial charge >= 0.3 is 0 Å². The lowest BCUT2D eigenvalue weighted by atomic mass is 10.0. The van der Waals surface area contributed by atoms with Crippen molar-refractivity contribution in [3.8, 4) is 55.9 Å². The van der Waals surface area contributed by atoms with E-state index in [4.69, 9.17) is 19.9 Å². The van der Waals surface area contributed by atoms with Crippen molar-refractivity contribution < 1.29 is 0 Å². The average molecular weight is 675 g/mol. The van der Waals surface area contributed by atoms with E-state index in [9.17, 15) is 0 Å². The van der Waals surface area contributed by atoms with Crippen LogP contribution in [0.1, 0.15) is 0 Å². The third-order valence-electron chi connectivity index (χ3n) is 9.17. The Bertz CT molecular complexity index is 2860. The van der Waals surface area contributed by atoms with Crippen molar-refractivity contribution in [1.82, 2.24) is 19.9 Å². The van der Waals surface area contributed by atoms with Crippen LogP contribution in [0.5, 0.6) is 0 Å². The summed E-state index contributed by atoms with van der Waals surface area (Å²) in [4.78, 5) is 20.1. The number of nitrogens with zero attached hydrogens (tertiary/aromatic N) is 4. The summed E-state index contributed by atoms with van der Waals surface area (Å²) in [6.07, 6.45) is 0.